The van der Waals surface area contributed by atoms with E-state index >= 15 is 0 Å². The molecule has 1 aromatic rings. The minimum absolute atomic E-state index is 0.0286. The van der Waals surface area contributed by atoms with Gasteiger partial charge >= 0.3 is 0 Å². The van der Waals surface area contributed by atoms with Gasteiger partial charge in [0.25, 0.3) is 5.56 Å². The monoisotopic (exact) mass is 232 g/mol. The van der Waals surface area contributed by atoms with Crippen LogP contribution < -0.4 is 5.56 Å². The van der Waals surface area contributed by atoms with Crippen LogP contribution in [0.1, 0.15) is 26.5 Å². The first-order chi connectivity index (χ1) is 6.40. The Labute approximate surface area is 92.3 Å². The van der Waals surface area contributed by atoms with E-state index in [0.717, 1.165) is 0 Å². The number of nitrogens with zero attached hydrogens (tertiary/aromatic N) is 1. The Morgan fingerprint density at radius 1 is 1.57 bits per heavy atom. The van der Waals surface area contributed by atoms with Crippen molar-refractivity contribution in [3.8, 4) is 0 Å². The second-order valence-electron chi connectivity index (χ2n) is 3.89. The Morgan fingerprint density at radius 2 is 2.21 bits per heavy atom. The van der Waals surface area contributed by atoms with E-state index in [0.29, 0.717) is 10.9 Å². The molecule has 0 aromatic carbocycles. The van der Waals surface area contributed by atoms with Gasteiger partial charge in [-0.25, -0.2) is 4.98 Å². The maximum absolute atomic E-state index is 11.2. The van der Waals surface area contributed by atoms with Gasteiger partial charge in [-0.3, -0.25) is 4.79 Å². The molecule has 0 unspecified atom stereocenters. The van der Waals surface area contributed by atoms with E-state index in [9.17, 15) is 4.79 Å². The Hall–Kier alpha value is -0.480. The topological polar surface area (TPSA) is 45.8 Å². The van der Waals surface area contributed by atoms with Crippen LogP contribution in [-0.2, 0) is 5.88 Å². The first-order valence-electron chi connectivity index (χ1n) is 4.26. The Balaban J connectivity index is 2.98. The van der Waals surface area contributed by atoms with Crippen LogP contribution in [0.5, 0.6) is 0 Å². The van der Waals surface area contributed by atoms with Gasteiger partial charge in [0.15, 0.2) is 5.16 Å². The number of thioether (sulfide) groups is 1. The van der Waals surface area contributed by atoms with Crippen molar-refractivity contribution in [2.45, 2.75) is 36.6 Å². The molecule has 0 aliphatic rings. The minimum atomic E-state index is -0.151. The van der Waals surface area contributed by atoms with Gasteiger partial charge in [0, 0.05) is 10.8 Å². The van der Waals surface area contributed by atoms with Crippen molar-refractivity contribution < 1.29 is 0 Å². The fraction of sp³-hybridized carbons (Fsp3) is 0.556. The highest BCUT2D eigenvalue weighted by Gasteiger charge is 2.14. The summed E-state index contributed by atoms with van der Waals surface area (Å²) in [5.41, 5.74) is 0.463. The summed E-state index contributed by atoms with van der Waals surface area (Å²) >= 11 is 7.14. The highest BCUT2D eigenvalue weighted by Crippen LogP contribution is 2.28. The van der Waals surface area contributed by atoms with E-state index in [1.165, 1.54) is 17.8 Å². The molecule has 0 amide bonds. The molecule has 1 aromatic heterocycles. The molecule has 0 bridgehead atoms. The SMILES string of the molecule is CC(C)(C)Sc1nc(CCl)cc(=O)[nH]1. The normalized spacial score (nSPS) is 11.7. The third kappa shape index (κ3) is 3.72. The quantitative estimate of drug-likeness (QED) is 0.484. The van der Waals surface area contributed by atoms with Gasteiger partial charge in [0.2, 0.25) is 0 Å². The van der Waals surface area contributed by atoms with Crippen molar-refractivity contribution >= 4 is 23.4 Å². The van der Waals surface area contributed by atoms with Crippen LogP contribution in [0, 0.1) is 0 Å². The number of hydrogen-bond acceptors (Lipinski definition) is 3. The number of rotatable bonds is 2. The Kier molecular flexibility index (Phi) is 3.61. The summed E-state index contributed by atoms with van der Waals surface area (Å²) in [4.78, 5) is 18.1. The summed E-state index contributed by atoms with van der Waals surface area (Å²) in [6.07, 6.45) is 0. The molecule has 0 atom stereocenters. The van der Waals surface area contributed by atoms with E-state index in [-0.39, 0.29) is 16.2 Å². The molecular weight excluding hydrogens is 220 g/mol. The number of halogens is 1. The van der Waals surface area contributed by atoms with E-state index in [2.05, 4.69) is 30.7 Å². The molecule has 14 heavy (non-hydrogen) atoms. The molecule has 0 radical (unpaired) electrons. The molecule has 0 saturated heterocycles. The largest absolute Gasteiger partial charge is 0.301 e. The average Bonchev–Trinajstić information content (AvgIpc) is 1.99. The standard InChI is InChI=1S/C9H13ClN2OS/c1-9(2,3)14-8-11-6(5-10)4-7(13)12-8/h4H,5H2,1-3H3,(H,11,12,13). The molecule has 0 aliphatic carbocycles. The summed E-state index contributed by atoms with van der Waals surface area (Å²) in [7, 11) is 0. The van der Waals surface area contributed by atoms with Crippen LogP contribution in [0.15, 0.2) is 16.0 Å². The maximum Gasteiger partial charge on any atom is 0.251 e. The van der Waals surface area contributed by atoms with Gasteiger partial charge in [0.1, 0.15) is 0 Å². The highest BCUT2D eigenvalue weighted by atomic mass is 35.5. The minimum Gasteiger partial charge on any atom is -0.301 e. The van der Waals surface area contributed by atoms with Gasteiger partial charge < -0.3 is 4.98 Å². The molecular formula is C9H13ClN2OS. The highest BCUT2D eigenvalue weighted by molar-refractivity contribution is 8.00. The zero-order valence-electron chi connectivity index (χ0n) is 8.43. The summed E-state index contributed by atoms with van der Waals surface area (Å²) in [6.45, 7) is 6.18. The first-order valence-corrected chi connectivity index (χ1v) is 5.61. The number of aromatic nitrogens is 2. The fourth-order valence-electron chi connectivity index (χ4n) is 0.890. The molecule has 1 rings (SSSR count). The van der Waals surface area contributed by atoms with Crippen LogP contribution in [0.25, 0.3) is 0 Å². The van der Waals surface area contributed by atoms with Crippen LogP contribution in [0.3, 0.4) is 0 Å². The summed E-state index contributed by atoms with van der Waals surface area (Å²) in [5, 5.41) is 0.626. The van der Waals surface area contributed by atoms with E-state index in [1.54, 1.807) is 0 Å². The Morgan fingerprint density at radius 3 is 2.71 bits per heavy atom. The second kappa shape index (κ2) is 4.36. The third-order valence-electron chi connectivity index (χ3n) is 1.31. The van der Waals surface area contributed by atoms with Crippen molar-refractivity contribution in [3.05, 3.63) is 22.1 Å². The second-order valence-corrected chi connectivity index (χ2v) is 5.97. The van der Waals surface area contributed by atoms with Crippen LogP contribution in [0.4, 0.5) is 0 Å². The smallest absolute Gasteiger partial charge is 0.251 e. The number of H-pyrrole nitrogens is 1. The predicted octanol–water partition coefficient (Wildman–Crippen LogP) is 2.40. The van der Waals surface area contributed by atoms with Crippen LogP contribution in [-0.4, -0.2) is 14.7 Å². The molecule has 0 spiro atoms. The Bertz CT molecular complexity index is 370. The lowest BCUT2D eigenvalue weighted by molar-refractivity contribution is 0.786. The van der Waals surface area contributed by atoms with E-state index in [1.807, 2.05) is 0 Å². The molecule has 0 saturated carbocycles. The van der Waals surface area contributed by atoms with Crippen LogP contribution in [0.2, 0.25) is 0 Å². The average molecular weight is 233 g/mol. The molecule has 5 heteroatoms. The van der Waals surface area contributed by atoms with Gasteiger partial charge in [-0.05, 0) is 0 Å². The lowest BCUT2D eigenvalue weighted by atomic mass is 10.3. The first kappa shape index (κ1) is 11.6. The number of hydrogen-bond donors (Lipinski definition) is 1. The van der Waals surface area contributed by atoms with Gasteiger partial charge in [-0.15, -0.1) is 11.6 Å². The van der Waals surface area contributed by atoms with Crippen molar-refractivity contribution in [2.24, 2.45) is 0 Å². The van der Waals surface area contributed by atoms with Gasteiger partial charge in [-0.2, -0.15) is 0 Å². The molecule has 0 aliphatic heterocycles. The summed E-state index contributed by atoms with van der Waals surface area (Å²) in [6, 6.07) is 1.42. The van der Waals surface area contributed by atoms with E-state index < -0.39 is 0 Å². The maximum atomic E-state index is 11.2. The van der Waals surface area contributed by atoms with Gasteiger partial charge in [0.05, 0.1) is 11.6 Å². The summed E-state index contributed by atoms with van der Waals surface area (Å²) < 4.78 is 0.0286. The lowest BCUT2D eigenvalue weighted by Crippen LogP contribution is -2.14. The van der Waals surface area contributed by atoms with Gasteiger partial charge in [-0.1, -0.05) is 32.5 Å². The van der Waals surface area contributed by atoms with Crippen molar-refractivity contribution in [1.82, 2.24) is 9.97 Å². The zero-order valence-corrected chi connectivity index (χ0v) is 10.00. The predicted molar refractivity (Wildman–Crippen MR) is 60.0 cm³/mol. The third-order valence-corrected chi connectivity index (χ3v) is 2.59. The van der Waals surface area contributed by atoms with Crippen molar-refractivity contribution in [3.63, 3.8) is 0 Å². The number of alkyl halides is 1. The molecule has 78 valence electrons. The number of aromatic amines is 1. The molecule has 1 N–H and O–H groups in total. The van der Waals surface area contributed by atoms with Crippen molar-refractivity contribution in [1.29, 1.82) is 0 Å². The molecule has 1 heterocycles. The van der Waals surface area contributed by atoms with Crippen molar-refractivity contribution in [2.75, 3.05) is 0 Å². The lowest BCUT2D eigenvalue weighted by Gasteiger charge is -2.16. The molecule has 0 fully saturated rings. The van der Waals surface area contributed by atoms with Crippen LogP contribution >= 0.6 is 23.4 Å². The zero-order chi connectivity index (χ0) is 10.8. The fourth-order valence-corrected chi connectivity index (χ4v) is 1.92. The summed E-state index contributed by atoms with van der Waals surface area (Å²) in [5.74, 6) is 0.265. The number of nitrogens with one attached hydrogen (secondary N) is 1. The molecule has 3 nitrogen and oxygen atoms in total. The van der Waals surface area contributed by atoms with E-state index in [4.69, 9.17) is 11.6 Å².